The van der Waals surface area contributed by atoms with Gasteiger partial charge in [0, 0.05) is 17.5 Å². The third-order valence-electron chi connectivity index (χ3n) is 8.64. The standard InChI is InChI=1S/C40H53NO2/c1-2-3-4-5-6-7-8-9-10-11-12-13-14-15-16-25-32-41-37-31-24-23-30-36(37)39(42)40(38(41)35-28-21-18-22-29-35)43-33-34-26-19-17-20-27-34/h17-24,26-31H,2-16,25,32-33H2,1H3. The van der Waals surface area contributed by atoms with Crippen LogP contribution in [0.4, 0.5) is 0 Å². The maximum absolute atomic E-state index is 13.8. The summed E-state index contributed by atoms with van der Waals surface area (Å²) in [5.41, 5.74) is 3.91. The van der Waals surface area contributed by atoms with E-state index in [0.29, 0.717) is 12.4 Å². The number of hydrogen-bond acceptors (Lipinski definition) is 2. The molecule has 0 atom stereocenters. The van der Waals surface area contributed by atoms with Gasteiger partial charge < -0.3 is 9.30 Å². The molecule has 4 rings (SSSR count). The van der Waals surface area contributed by atoms with Crippen LogP contribution in [0.25, 0.3) is 22.2 Å². The lowest BCUT2D eigenvalue weighted by Gasteiger charge is -2.21. The molecule has 3 heteroatoms. The molecule has 43 heavy (non-hydrogen) atoms. The number of aromatic nitrogens is 1. The number of para-hydroxylation sites is 1. The molecule has 1 heterocycles. The molecule has 0 fully saturated rings. The number of fused-ring (bicyclic) bond motifs is 1. The quantitative estimate of drug-likeness (QED) is 0.0919. The minimum atomic E-state index is -0.0337. The molecule has 0 bridgehead atoms. The average Bonchev–Trinajstić information content (AvgIpc) is 3.05. The van der Waals surface area contributed by atoms with Gasteiger partial charge in [0.1, 0.15) is 6.61 Å². The van der Waals surface area contributed by atoms with E-state index >= 15 is 0 Å². The molecular formula is C40H53NO2. The summed E-state index contributed by atoms with van der Waals surface area (Å²) in [5.74, 6) is 0.449. The summed E-state index contributed by atoms with van der Waals surface area (Å²) in [6, 6.07) is 28.4. The van der Waals surface area contributed by atoms with Gasteiger partial charge in [-0.2, -0.15) is 0 Å². The van der Waals surface area contributed by atoms with E-state index in [-0.39, 0.29) is 5.43 Å². The normalized spacial score (nSPS) is 11.3. The third kappa shape index (κ3) is 10.4. The SMILES string of the molecule is CCCCCCCCCCCCCCCCCCn1c(-c2ccccc2)c(OCc2ccccc2)c(=O)c2ccccc21. The zero-order valence-electron chi connectivity index (χ0n) is 26.6. The molecule has 230 valence electrons. The number of benzene rings is 3. The summed E-state index contributed by atoms with van der Waals surface area (Å²) in [6.07, 6.45) is 21.7. The van der Waals surface area contributed by atoms with Crippen LogP contribution in [0.1, 0.15) is 115 Å². The fourth-order valence-corrected chi connectivity index (χ4v) is 6.17. The molecule has 3 nitrogen and oxygen atoms in total. The van der Waals surface area contributed by atoms with Crippen LogP contribution in [-0.2, 0) is 13.2 Å². The minimum absolute atomic E-state index is 0.0337. The molecule has 0 spiro atoms. The Balaban J connectivity index is 1.31. The summed E-state index contributed by atoms with van der Waals surface area (Å²) >= 11 is 0. The molecule has 0 N–H and O–H groups in total. The highest BCUT2D eigenvalue weighted by Crippen LogP contribution is 2.32. The number of rotatable bonds is 21. The van der Waals surface area contributed by atoms with Gasteiger partial charge in [0.15, 0.2) is 5.75 Å². The van der Waals surface area contributed by atoms with Crippen LogP contribution in [0.15, 0.2) is 89.7 Å². The van der Waals surface area contributed by atoms with Crippen molar-refractivity contribution >= 4 is 10.9 Å². The molecule has 0 aliphatic heterocycles. The Labute approximate surface area is 260 Å². The van der Waals surface area contributed by atoms with Crippen molar-refractivity contribution in [1.82, 2.24) is 4.57 Å². The maximum Gasteiger partial charge on any atom is 0.231 e. The van der Waals surface area contributed by atoms with E-state index in [4.69, 9.17) is 4.74 Å². The first-order chi connectivity index (χ1) is 21.3. The molecule has 0 aliphatic rings. The second-order valence-corrected chi connectivity index (χ2v) is 12.1. The number of pyridine rings is 1. The lowest BCUT2D eigenvalue weighted by molar-refractivity contribution is 0.302. The van der Waals surface area contributed by atoms with Gasteiger partial charge in [0.05, 0.1) is 11.2 Å². The minimum Gasteiger partial charge on any atom is -0.483 e. The zero-order chi connectivity index (χ0) is 30.0. The smallest absolute Gasteiger partial charge is 0.231 e. The van der Waals surface area contributed by atoms with Gasteiger partial charge in [-0.1, -0.05) is 176 Å². The van der Waals surface area contributed by atoms with Crippen molar-refractivity contribution in [1.29, 1.82) is 0 Å². The van der Waals surface area contributed by atoms with Crippen molar-refractivity contribution in [3.8, 4) is 17.0 Å². The van der Waals surface area contributed by atoms with E-state index in [9.17, 15) is 4.79 Å². The zero-order valence-corrected chi connectivity index (χ0v) is 26.6. The third-order valence-corrected chi connectivity index (χ3v) is 8.64. The monoisotopic (exact) mass is 579 g/mol. The number of ether oxygens (including phenoxy) is 1. The summed E-state index contributed by atoms with van der Waals surface area (Å²) in [7, 11) is 0. The number of nitrogens with zero attached hydrogens (tertiary/aromatic N) is 1. The first kappa shape index (κ1) is 32.6. The predicted molar refractivity (Wildman–Crippen MR) is 184 cm³/mol. The van der Waals surface area contributed by atoms with E-state index in [2.05, 4.69) is 29.7 Å². The fourth-order valence-electron chi connectivity index (χ4n) is 6.17. The molecule has 1 aromatic heterocycles. The van der Waals surface area contributed by atoms with E-state index in [1.54, 1.807) is 0 Å². The summed E-state index contributed by atoms with van der Waals surface area (Å²) in [6.45, 7) is 3.52. The van der Waals surface area contributed by atoms with E-state index in [0.717, 1.165) is 40.7 Å². The molecule has 0 radical (unpaired) electrons. The Morgan fingerprint density at radius 3 is 1.63 bits per heavy atom. The summed E-state index contributed by atoms with van der Waals surface area (Å²) in [5, 5.41) is 0.724. The van der Waals surface area contributed by atoms with Crippen molar-refractivity contribution < 1.29 is 4.74 Å². The Hall–Kier alpha value is -3.33. The Morgan fingerprint density at radius 2 is 1.05 bits per heavy atom. The van der Waals surface area contributed by atoms with E-state index < -0.39 is 0 Å². The Bertz CT molecular complexity index is 1380. The van der Waals surface area contributed by atoms with Crippen LogP contribution in [0, 0.1) is 0 Å². The van der Waals surface area contributed by atoms with Crippen LogP contribution >= 0.6 is 0 Å². The van der Waals surface area contributed by atoms with Gasteiger partial charge in [-0.15, -0.1) is 0 Å². The second-order valence-electron chi connectivity index (χ2n) is 12.1. The fraction of sp³-hybridized carbons (Fsp3) is 0.475. The first-order valence-electron chi connectivity index (χ1n) is 17.2. The van der Waals surface area contributed by atoms with Crippen LogP contribution in [0.5, 0.6) is 5.75 Å². The van der Waals surface area contributed by atoms with Crippen molar-refractivity contribution in [2.24, 2.45) is 0 Å². The summed E-state index contributed by atoms with van der Waals surface area (Å²) < 4.78 is 8.69. The highest BCUT2D eigenvalue weighted by molar-refractivity contribution is 5.86. The predicted octanol–water partition coefficient (Wildman–Crippen LogP) is 11.5. The lowest BCUT2D eigenvalue weighted by Crippen LogP contribution is -2.17. The largest absolute Gasteiger partial charge is 0.483 e. The molecule has 0 amide bonds. The van der Waals surface area contributed by atoms with Crippen LogP contribution < -0.4 is 10.2 Å². The topological polar surface area (TPSA) is 31.2 Å². The number of aryl methyl sites for hydroxylation is 1. The molecular weight excluding hydrogens is 526 g/mol. The summed E-state index contributed by atoms with van der Waals surface area (Å²) in [4.78, 5) is 13.8. The Morgan fingerprint density at radius 1 is 0.558 bits per heavy atom. The van der Waals surface area contributed by atoms with Gasteiger partial charge in [-0.05, 0) is 24.1 Å². The van der Waals surface area contributed by atoms with Crippen LogP contribution in [0.2, 0.25) is 0 Å². The van der Waals surface area contributed by atoms with Crippen molar-refractivity contribution in [2.75, 3.05) is 0 Å². The lowest BCUT2D eigenvalue weighted by atomic mass is 10.0. The highest BCUT2D eigenvalue weighted by Gasteiger charge is 2.20. The van der Waals surface area contributed by atoms with Gasteiger partial charge in [0.25, 0.3) is 0 Å². The van der Waals surface area contributed by atoms with Crippen molar-refractivity contribution in [3.05, 3.63) is 101 Å². The molecule has 4 aromatic rings. The van der Waals surface area contributed by atoms with E-state index in [1.165, 1.54) is 96.3 Å². The van der Waals surface area contributed by atoms with Crippen LogP contribution in [0.3, 0.4) is 0 Å². The molecule has 0 saturated heterocycles. The van der Waals surface area contributed by atoms with E-state index in [1.807, 2.05) is 66.7 Å². The van der Waals surface area contributed by atoms with Crippen molar-refractivity contribution in [3.63, 3.8) is 0 Å². The van der Waals surface area contributed by atoms with Gasteiger partial charge in [-0.3, -0.25) is 4.79 Å². The maximum atomic E-state index is 13.8. The van der Waals surface area contributed by atoms with Crippen molar-refractivity contribution in [2.45, 2.75) is 123 Å². The van der Waals surface area contributed by atoms with Gasteiger partial charge in [-0.25, -0.2) is 0 Å². The second kappa shape index (κ2) is 19.1. The molecule has 0 saturated carbocycles. The Kier molecular flexibility index (Phi) is 14.4. The molecule has 3 aromatic carbocycles. The van der Waals surface area contributed by atoms with Crippen LogP contribution in [-0.4, -0.2) is 4.57 Å². The average molecular weight is 580 g/mol. The van der Waals surface area contributed by atoms with Gasteiger partial charge in [0.2, 0.25) is 5.43 Å². The number of unbranched alkanes of at least 4 members (excludes halogenated alkanes) is 15. The molecule has 0 unspecified atom stereocenters. The highest BCUT2D eigenvalue weighted by atomic mass is 16.5. The molecule has 0 aliphatic carbocycles. The number of hydrogen-bond donors (Lipinski definition) is 0. The first-order valence-corrected chi connectivity index (χ1v) is 17.2. The van der Waals surface area contributed by atoms with Gasteiger partial charge >= 0.3 is 0 Å².